The molecule has 152 valence electrons. The lowest BCUT2D eigenvalue weighted by Crippen LogP contribution is -2.32. The summed E-state index contributed by atoms with van der Waals surface area (Å²) in [5.74, 6) is 2.04. The molecule has 29 heavy (non-hydrogen) atoms. The summed E-state index contributed by atoms with van der Waals surface area (Å²) < 4.78 is 10.8. The normalized spacial score (nSPS) is 18.0. The number of thioether (sulfide) groups is 1. The maximum absolute atomic E-state index is 13.1. The second kappa shape index (κ2) is 7.94. The van der Waals surface area contributed by atoms with Gasteiger partial charge in [0.25, 0.3) is 5.56 Å². The zero-order valence-electron chi connectivity index (χ0n) is 16.6. The van der Waals surface area contributed by atoms with Crippen molar-refractivity contribution in [2.24, 2.45) is 0 Å². The van der Waals surface area contributed by atoms with Crippen LogP contribution in [-0.2, 0) is 4.79 Å². The number of ether oxygens (including phenoxy) is 2. The van der Waals surface area contributed by atoms with E-state index < -0.39 is 5.92 Å². The van der Waals surface area contributed by atoms with Gasteiger partial charge in [-0.3, -0.25) is 9.59 Å². The predicted molar refractivity (Wildman–Crippen MR) is 112 cm³/mol. The van der Waals surface area contributed by atoms with Crippen LogP contribution < -0.4 is 20.3 Å². The molecule has 1 atom stereocenters. The molecule has 0 saturated carbocycles. The molecule has 4 rings (SSSR count). The summed E-state index contributed by atoms with van der Waals surface area (Å²) in [6, 6.07) is 5.51. The van der Waals surface area contributed by atoms with Crippen LogP contribution in [0.3, 0.4) is 0 Å². The average molecular weight is 413 g/mol. The Bertz CT molecular complexity index is 1060. The van der Waals surface area contributed by atoms with E-state index in [0.717, 1.165) is 29.9 Å². The number of rotatable bonds is 5. The Morgan fingerprint density at radius 2 is 1.97 bits per heavy atom. The number of nitrogens with one attached hydrogen (secondary N) is 2. The molecule has 0 bridgehead atoms. The fourth-order valence-corrected chi connectivity index (χ4v) is 4.61. The molecule has 1 aromatic carbocycles. The van der Waals surface area contributed by atoms with Gasteiger partial charge in [0, 0.05) is 23.6 Å². The van der Waals surface area contributed by atoms with Gasteiger partial charge >= 0.3 is 0 Å². The lowest BCUT2D eigenvalue weighted by atomic mass is 9.76. The van der Waals surface area contributed by atoms with Crippen molar-refractivity contribution < 1.29 is 14.3 Å². The molecule has 2 aromatic rings. The number of anilines is 1. The molecule has 0 fully saturated rings. The van der Waals surface area contributed by atoms with Gasteiger partial charge in [-0.25, -0.2) is 4.98 Å². The molecule has 2 heterocycles. The van der Waals surface area contributed by atoms with E-state index in [1.165, 1.54) is 11.8 Å². The summed E-state index contributed by atoms with van der Waals surface area (Å²) in [6.45, 7) is 2.00. The number of carbonyl (C=O) groups excluding carboxylic acids is 1. The maximum Gasteiger partial charge on any atom is 0.257 e. The number of allylic oxidation sites excluding steroid dienone is 2. The Morgan fingerprint density at radius 3 is 2.69 bits per heavy atom. The minimum absolute atomic E-state index is 0.0654. The monoisotopic (exact) mass is 413 g/mol. The van der Waals surface area contributed by atoms with Gasteiger partial charge in [-0.05, 0) is 36.3 Å². The van der Waals surface area contributed by atoms with Crippen LogP contribution in [0.15, 0.2) is 39.4 Å². The lowest BCUT2D eigenvalue weighted by Gasteiger charge is -2.33. The number of aromatic amines is 1. The van der Waals surface area contributed by atoms with Gasteiger partial charge in [-0.1, -0.05) is 24.8 Å². The fourth-order valence-electron chi connectivity index (χ4n) is 4.01. The summed E-state index contributed by atoms with van der Waals surface area (Å²) in [5, 5.41) is 3.85. The van der Waals surface area contributed by atoms with Crippen LogP contribution in [0.4, 0.5) is 5.82 Å². The average Bonchev–Trinajstić information content (AvgIpc) is 2.72. The summed E-state index contributed by atoms with van der Waals surface area (Å²) in [5.41, 5.74) is 2.55. The zero-order valence-corrected chi connectivity index (χ0v) is 17.4. The van der Waals surface area contributed by atoms with E-state index in [-0.39, 0.29) is 11.3 Å². The van der Waals surface area contributed by atoms with Gasteiger partial charge < -0.3 is 19.8 Å². The molecule has 2 aliphatic rings. The minimum Gasteiger partial charge on any atom is -0.493 e. The molecule has 0 unspecified atom stereocenters. The third-order valence-electron chi connectivity index (χ3n) is 5.26. The van der Waals surface area contributed by atoms with Crippen LogP contribution in [0.1, 0.15) is 43.2 Å². The molecule has 1 aliphatic carbocycles. The van der Waals surface area contributed by atoms with E-state index in [9.17, 15) is 9.59 Å². The number of nitrogens with zero attached hydrogens (tertiary/aromatic N) is 1. The van der Waals surface area contributed by atoms with E-state index in [2.05, 4.69) is 15.3 Å². The van der Waals surface area contributed by atoms with Crippen LogP contribution >= 0.6 is 11.8 Å². The SMILES string of the molecule is CCSc1nc2c(c(=O)[nH]1)[C@H](c1ccc(OC)c(OC)c1)C1=C(CCCC1=O)N2. The Morgan fingerprint density at radius 1 is 1.17 bits per heavy atom. The predicted octanol–water partition coefficient (Wildman–Crippen LogP) is 3.46. The first-order valence-electron chi connectivity index (χ1n) is 9.59. The van der Waals surface area contributed by atoms with Crippen molar-refractivity contribution in [2.75, 3.05) is 25.3 Å². The number of methoxy groups -OCH3 is 2. The Kier molecular flexibility index (Phi) is 5.36. The highest BCUT2D eigenvalue weighted by Gasteiger charge is 2.38. The number of aromatic nitrogens is 2. The van der Waals surface area contributed by atoms with Crippen LogP contribution in [0.5, 0.6) is 11.5 Å². The Hall–Kier alpha value is -2.74. The van der Waals surface area contributed by atoms with E-state index >= 15 is 0 Å². The quantitative estimate of drug-likeness (QED) is 0.573. The summed E-state index contributed by atoms with van der Waals surface area (Å²) in [7, 11) is 3.14. The van der Waals surface area contributed by atoms with Gasteiger partial charge in [-0.15, -0.1) is 0 Å². The highest BCUT2D eigenvalue weighted by atomic mass is 32.2. The van der Waals surface area contributed by atoms with Crippen LogP contribution in [0.25, 0.3) is 0 Å². The molecule has 8 heteroatoms. The number of Topliss-reactive ketones (excluding diaryl/α,β-unsaturated/α-hetero) is 1. The van der Waals surface area contributed by atoms with Crippen molar-refractivity contribution in [2.45, 2.75) is 37.3 Å². The first-order valence-corrected chi connectivity index (χ1v) is 10.6. The number of carbonyl (C=O) groups is 1. The molecule has 0 amide bonds. The second-order valence-electron chi connectivity index (χ2n) is 6.91. The molecule has 7 nitrogen and oxygen atoms in total. The van der Waals surface area contributed by atoms with Crippen molar-refractivity contribution in [1.29, 1.82) is 0 Å². The van der Waals surface area contributed by atoms with E-state index in [4.69, 9.17) is 9.47 Å². The van der Waals surface area contributed by atoms with Crippen molar-refractivity contribution in [3.8, 4) is 11.5 Å². The Balaban J connectivity index is 1.94. The smallest absolute Gasteiger partial charge is 0.257 e. The topological polar surface area (TPSA) is 93.3 Å². The number of hydrogen-bond donors (Lipinski definition) is 2. The van der Waals surface area contributed by atoms with Crippen molar-refractivity contribution in [1.82, 2.24) is 9.97 Å². The molecule has 1 aromatic heterocycles. The first kappa shape index (κ1) is 19.6. The Labute approximate surface area is 172 Å². The van der Waals surface area contributed by atoms with E-state index in [1.54, 1.807) is 20.3 Å². The fraction of sp³-hybridized carbons (Fsp3) is 0.381. The molecular formula is C21H23N3O4S. The van der Waals surface area contributed by atoms with Gasteiger partial charge in [0.05, 0.1) is 19.8 Å². The van der Waals surface area contributed by atoms with Gasteiger partial charge in [0.15, 0.2) is 22.4 Å². The van der Waals surface area contributed by atoms with Crippen molar-refractivity contribution in [3.05, 3.63) is 50.9 Å². The molecule has 0 spiro atoms. The largest absolute Gasteiger partial charge is 0.493 e. The van der Waals surface area contributed by atoms with Gasteiger partial charge in [0.1, 0.15) is 5.82 Å². The number of benzene rings is 1. The third kappa shape index (κ3) is 3.42. The van der Waals surface area contributed by atoms with Crippen LogP contribution in [0, 0.1) is 0 Å². The minimum atomic E-state index is -0.495. The standard InChI is InChI=1S/C21H23N3O4S/c1-4-29-21-23-19-18(20(26)24-21)16(17-12(22-19)6-5-7-13(17)25)11-8-9-14(27-2)15(10-11)28-3/h8-10,16H,4-7H2,1-3H3,(H2,22,23,24,26)/t16-/m1/s1. The molecular weight excluding hydrogens is 390 g/mol. The molecule has 0 radical (unpaired) electrons. The van der Waals surface area contributed by atoms with Gasteiger partial charge in [-0.2, -0.15) is 0 Å². The molecule has 2 N–H and O–H groups in total. The number of ketones is 1. The number of hydrogen-bond acceptors (Lipinski definition) is 7. The second-order valence-corrected chi connectivity index (χ2v) is 8.16. The molecule has 1 aliphatic heterocycles. The lowest BCUT2D eigenvalue weighted by molar-refractivity contribution is -0.116. The molecule has 0 saturated heterocycles. The summed E-state index contributed by atoms with van der Waals surface area (Å²) in [4.78, 5) is 33.4. The summed E-state index contributed by atoms with van der Waals surface area (Å²) >= 11 is 1.47. The maximum atomic E-state index is 13.1. The van der Waals surface area contributed by atoms with Crippen molar-refractivity contribution in [3.63, 3.8) is 0 Å². The first-order chi connectivity index (χ1) is 14.1. The number of fused-ring (bicyclic) bond motifs is 1. The van der Waals surface area contributed by atoms with Crippen LogP contribution in [-0.4, -0.2) is 35.7 Å². The zero-order chi connectivity index (χ0) is 20.5. The van der Waals surface area contributed by atoms with Crippen molar-refractivity contribution >= 4 is 23.4 Å². The van der Waals surface area contributed by atoms with E-state index in [0.29, 0.717) is 40.0 Å². The highest BCUT2D eigenvalue weighted by molar-refractivity contribution is 7.99. The third-order valence-corrected chi connectivity index (χ3v) is 6.01. The summed E-state index contributed by atoms with van der Waals surface area (Å²) in [6.07, 6.45) is 2.03. The number of H-pyrrole nitrogens is 1. The highest BCUT2D eigenvalue weighted by Crippen LogP contribution is 2.45. The van der Waals surface area contributed by atoms with Crippen LogP contribution in [0.2, 0.25) is 0 Å². The van der Waals surface area contributed by atoms with Gasteiger partial charge in [0.2, 0.25) is 0 Å². The van der Waals surface area contributed by atoms with E-state index in [1.807, 2.05) is 19.1 Å².